The van der Waals surface area contributed by atoms with Gasteiger partial charge in [0.2, 0.25) is 10.0 Å². The van der Waals surface area contributed by atoms with Gasteiger partial charge in [-0.15, -0.1) is 0 Å². The molecule has 0 aromatic heterocycles. The van der Waals surface area contributed by atoms with Crippen LogP contribution in [0.15, 0.2) is 23.1 Å². The van der Waals surface area contributed by atoms with Gasteiger partial charge in [-0.1, -0.05) is 11.6 Å². The Kier molecular flexibility index (Phi) is 4.95. The van der Waals surface area contributed by atoms with Crippen LogP contribution in [0.3, 0.4) is 0 Å². The summed E-state index contributed by atoms with van der Waals surface area (Å²) < 4.78 is 39.1. The van der Waals surface area contributed by atoms with E-state index in [1.807, 2.05) is 40.7 Å². The predicted octanol–water partition coefficient (Wildman–Crippen LogP) is 0.531. The number of rotatable bonds is 5. The van der Waals surface area contributed by atoms with E-state index in [9.17, 15) is 8.42 Å². The molecule has 3 N–H and O–H groups in total. The molecule has 0 radical (unpaired) electrons. The van der Waals surface area contributed by atoms with Crippen molar-refractivity contribution in [1.82, 2.24) is 4.72 Å². The average Bonchev–Trinajstić information content (AvgIpc) is 2.65. The SMILES string of the molecule is Cc1cc(B2OC(C)(C)C(C)(C)O2)cc(S(=O)(=O)NCCN)c1. The molecule has 6 nitrogen and oxygen atoms in total. The van der Waals surface area contributed by atoms with Gasteiger partial charge in [-0.25, -0.2) is 13.1 Å². The molecular weight excluding hydrogens is 315 g/mol. The first-order valence-corrected chi connectivity index (χ1v) is 9.14. The summed E-state index contributed by atoms with van der Waals surface area (Å²) in [6, 6.07) is 5.09. The molecular formula is C15H25BN2O4S. The average molecular weight is 340 g/mol. The minimum atomic E-state index is -3.60. The molecule has 8 heteroatoms. The topological polar surface area (TPSA) is 90.6 Å². The van der Waals surface area contributed by atoms with Gasteiger partial charge in [0.05, 0.1) is 16.1 Å². The highest BCUT2D eigenvalue weighted by Crippen LogP contribution is 2.36. The second-order valence-corrected chi connectivity index (χ2v) is 8.62. The minimum absolute atomic E-state index is 0.190. The van der Waals surface area contributed by atoms with E-state index in [4.69, 9.17) is 15.0 Å². The molecule has 0 aliphatic carbocycles. The van der Waals surface area contributed by atoms with Crippen LogP contribution in [0.4, 0.5) is 0 Å². The van der Waals surface area contributed by atoms with Crippen LogP contribution in [-0.4, -0.2) is 39.8 Å². The van der Waals surface area contributed by atoms with Gasteiger partial charge in [0.1, 0.15) is 0 Å². The second-order valence-electron chi connectivity index (χ2n) is 6.85. The van der Waals surface area contributed by atoms with Crippen molar-refractivity contribution in [3.05, 3.63) is 23.8 Å². The van der Waals surface area contributed by atoms with Crippen LogP contribution in [0.5, 0.6) is 0 Å². The van der Waals surface area contributed by atoms with Gasteiger partial charge in [0.25, 0.3) is 0 Å². The zero-order chi connectivity index (χ0) is 17.5. The van der Waals surface area contributed by atoms with Gasteiger partial charge in [-0.2, -0.15) is 0 Å². The summed E-state index contributed by atoms with van der Waals surface area (Å²) in [6.07, 6.45) is 0. The van der Waals surface area contributed by atoms with Crippen molar-refractivity contribution < 1.29 is 17.7 Å². The molecule has 0 spiro atoms. The number of benzene rings is 1. The summed E-state index contributed by atoms with van der Waals surface area (Å²) in [5, 5.41) is 0. The molecule has 0 atom stereocenters. The van der Waals surface area contributed by atoms with Crippen molar-refractivity contribution in [3.8, 4) is 0 Å². The van der Waals surface area contributed by atoms with E-state index in [-0.39, 0.29) is 18.0 Å². The molecule has 1 fully saturated rings. The van der Waals surface area contributed by atoms with Crippen LogP contribution >= 0.6 is 0 Å². The molecule has 1 aliphatic rings. The third kappa shape index (κ3) is 3.77. The number of sulfonamides is 1. The van der Waals surface area contributed by atoms with Gasteiger partial charge >= 0.3 is 7.12 Å². The van der Waals surface area contributed by atoms with E-state index in [1.165, 1.54) is 0 Å². The summed E-state index contributed by atoms with van der Waals surface area (Å²) >= 11 is 0. The standard InChI is InChI=1S/C15H25BN2O4S/c1-11-8-12(16-21-14(2,3)15(4,5)22-16)10-13(9-11)23(19,20)18-7-6-17/h8-10,18H,6-7,17H2,1-5H3. The zero-order valence-electron chi connectivity index (χ0n) is 14.3. The van der Waals surface area contributed by atoms with Crippen molar-refractivity contribution in [1.29, 1.82) is 0 Å². The summed E-state index contributed by atoms with van der Waals surface area (Å²) in [5.74, 6) is 0. The van der Waals surface area contributed by atoms with Crippen molar-refractivity contribution >= 4 is 22.6 Å². The molecule has 0 amide bonds. The Morgan fingerprint density at radius 2 is 1.70 bits per heavy atom. The van der Waals surface area contributed by atoms with Crippen LogP contribution < -0.4 is 15.9 Å². The van der Waals surface area contributed by atoms with Gasteiger partial charge in [-0.05, 0) is 52.2 Å². The molecule has 0 unspecified atom stereocenters. The van der Waals surface area contributed by atoms with Crippen LogP contribution in [0.1, 0.15) is 33.3 Å². The summed E-state index contributed by atoms with van der Waals surface area (Å²) in [4.78, 5) is 0.190. The Balaban J connectivity index is 2.36. The van der Waals surface area contributed by atoms with Crippen LogP contribution in [0.25, 0.3) is 0 Å². The summed E-state index contributed by atoms with van der Waals surface area (Å²) in [5.41, 5.74) is 5.93. The highest BCUT2D eigenvalue weighted by molar-refractivity contribution is 7.89. The third-order valence-corrected chi connectivity index (χ3v) is 5.79. The quantitative estimate of drug-likeness (QED) is 0.763. The maximum Gasteiger partial charge on any atom is 0.494 e. The molecule has 1 aromatic carbocycles. The lowest BCUT2D eigenvalue weighted by Gasteiger charge is -2.32. The molecule has 1 aliphatic heterocycles. The lowest BCUT2D eigenvalue weighted by atomic mass is 9.78. The van der Waals surface area contributed by atoms with Crippen molar-refractivity contribution in [3.63, 3.8) is 0 Å². The molecule has 0 bridgehead atoms. The Morgan fingerprint density at radius 1 is 1.13 bits per heavy atom. The Hall–Kier alpha value is -0.925. The number of nitrogens with one attached hydrogen (secondary N) is 1. The van der Waals surface area contributed by atoms with Crippen LogP contribution in [0.2, 0.25) is 0 Å². The monoisotopic (exact) mass is 340 g/mol. The van der Waals surface area contributed by atoms with Crippen molar-refractivity contribution in [2.24, 2.45) is 5.73 Å². The maximum absolute atomic E-state index is 12.3. The number of hydrogen-bond donors (Lipinski definition) is 2. The maximum atomic E-state index is 12.3. The fourth-order valence-electron chi connectivity index (χ4n) is 2.32. The molecule has 2 rings (SSSR count). The Morgan fingerprint density at radius 3 is 2.22 bits per heavy atom. The largest absolute Gasteiger partial charge is 0.494 e. The fraction of sp³-hybridized carbons (Fsp3) is 0.600. The predicted molar refractivity (Wildman–Crippen MR) is 91.1 cm³/mol. The lowest BCUT2D eigenvalue weighted by molar-refractivity contribution is 0.00578. The van der Waals surface area contributed by atoms with E-state index in [1.54, 1.807) is 12.1 Å². The normalized spacial score (nSPS) is 20.0. The highest BCUT2D eigenvalue weighted by atomic mass is 32.2. The molecule has 1 saturated heterocycles. The van der Waals surface area contributed by atoms with E-state index >= 15 is 0 Å². The Bertz CT molecular complexity index is 673. The first-order valence-electron chi connectivity index (χ1n) is 7.65. The third-order valence-electron chi connectivity index (χ3n) is 4.35. The van der Waals surface area contributed by atoms with E-state index in [2.05, 4.69) is 4.72 Å². The zero-order valence-corrected chi connectivity index (χ0v) is 15.2. The summed E-state index contributed by atoms with van der Waals surface area (Å²) in [6.45, 7) is 10.1. The van der Waals surface area contributed by atoms with Crippen molar-refractivity contribution in [2.75, 3.05) is 13.1 Å². The molecule has 0 saturated carbocycles. The smallest absolute Gasteiger partial charge is 0.399 e. The van der Waals surface area contributed by atoms with Crippen molar-refractivity contribution in [2.45, 2.75) is 50.7 Å². The lowest BCUT2D eigenvalue weighted by Crippen LogP contribution is -2.41. The molecule has 23 heavy (non-hydrogen) atoms. The fourth-order valence-corrected chi connectivity index (χ4v) is 3.51. The number of nitrogens with two attached hydrogens (primary N) is 1. The molecule has 1 heterocycles. The van der Waals surface area contributed by atoms with Gasteiger partial charge in [0.15, 0.2) is 0 Å². The Labute approximate surface area is 138 Å². The van der Waals surface area contributed by atoms with Gasteiger partial charge < -0.3 is 15.0 Å². The highest BCUT2D eigenvalue weighted by Gasteiger charge is 2.51. The minimum Gasteiger partial charge on any atom is -0.399 e. The first-order chi connectivity index (χ1) is 10.5. The summed E-state index contributed by atoms with van der Waals surface area (Å²) in [7, 11) is -4.19. The van der Waals surface area contributed by atoms with Crippen LogP contribution in [0, 0.1) is 6.92 Å². The van der Waals surface area contributed by atoms with Crippen LogP contribution in [-0.2, 0) is 19.3 Å². The van der Waals surface area contributed by atoms with E-state index < -0.39 is 28.3 Å². The molecule has 1 aromatic rings. The van der Waals surface area contributed by atoms with E-state index in [0.29, 0.717) is 5.46 Å². The first kappa shape index (κ1) is 18.4. The number of hydrogen-bond acceptors (Lipinski definition) is 5. The number of aryl methyl sites for hydroxylation is 1. The van der Waals surface area contributed by atoms with Gasteiger partial charge in [0, 0.05) is 13.1 Å². The van der Waals surface area contributed by atoms with E-state index in [0.717, 1.165) is 5.56 Å². The second kappa shape index (κ2) is 6.18. The molecule has 128 valence electrons. The van der Waals surface area contributed by atoms with Gasteiger partial charge in [-0.3, -0.25) is 0 Å².